The van der Waals surface area contributed by atoms with Crippen LogP contribution in [0.5, 0.6) is 5.75 Å². The Morgan fingerprint density at radius 3 is 2.41 bits per heavy atom. The van der Waals surface area contributed by atoms with Crippen LogP contribution in [0.15, 0.2) is 24.3 Å². The molecule has 0 aliphatic carbocycles. The highest BCUT2D eigenvalue weighted by Crippen LogP contribution is 2.18. The first kappa shape index (κ1) is 19.7. The number of hydrogen-bond acceptors (Lipinski definition) is 4. The van der Waals surface area contributed by atoms with E-state index >= 15 is 0 Å². The van der Waals surface area contributed by atoms with Gasteiger partial charge in [0.05, 0.1) is 6.61 Å². The monoisotopic (exact) mass is 374 g/mol. The molecule has 3 rings (SSSR count). The highest BCUT2D eigenvalue weighted by atomic mass is 16.5. The summed E-state index contributed by atoms with van der Waals surface area (Å²) in [5.41, 5.74) is 0.662. The lowest BCUT2D eigenvalue weighted by Crippen LogP contribution is -2.52. The number of carbonyl (C=O) groups is 2. The molecule has 27 heavy (non-hydrogen) atoms. The molecule has 2 amide bonds. The maximum Gasteiger partial charge on any atom is 0.253 e. The molecule has 6 heteroatoms. The largest absolute Gasteiger partial charge is 0.494 e. The highest BCUT2D eigenvalue weighted by molar-refractivity contribution is 5.94. The van der Waals surface area contributed by atoms with Gasteiger partial charge in [-0.25, -0.2) is 0 Å². The summed E-state index contributed by atoms with van der Waals surface area (Å²) in [5, 5.41) is 0. The predicted octanol–water partition coefficient (Wildman–Crippen LogP) is 2.72. The van der Waals surface area contributed by atoms with Crippen LogP contribution >= 0.6 is 0 Å². The second-order valence-electron chi connectivity index (χ2n) is 7.20. The Morgan fingerprint density at radius 1 is 1.07 bits per heavy atom. The molecular formula is C21H30N2O4. The SMILES string of the molecule is CCCCCOc1ccc(C(=O)N2CCN(C(=O)C3CCCO3)CC2)cc1. The molecule has 2 aliphatic heterocycles. The molecule has 6 nitrogen and oxygen atoms in total. The third-order valence-electron chi connectivity index (χ3n) is 5.20. The van der Waals surface area contributed by atoms with E-state index in [0.717, 1.165) is 31.4 Å². The third-order valence-corrected chi connectivity index (χ3v) is 5.20. The highest BCUT2D eigenvalue weighted by Gasteiger charge is 2.31. The van der Waals surface area contributed by atoms with Crippen LogP contribution in [0.2, 0.25) is 0 Å². The molecule has 0 spiro atoms. The van der Waals surface area contributed by atoms with Gasteiger partial charge >= 0.3 is 0 Å². The van der Waals surface area contributed by atoms with Crippen molar-refractivity contribution in [3.8, 4) is 5.75 Å². The Bertz CT molecular complexity index is 618. The maximum atomic E-state index is 12.7. The first-order valence-electron chi connectivity index (χ1n) is 10.1. The van der Waals surface area contributed by atoms with E-state index in [1.165, 1.54) is 6.42 Å². The van der Waals surface area contributed by atoms with Gasteiger partial charge in [0.1, 0.15) is 11.9 Å². The summed E-state index contributed by atoms with van der Waals surface area (Å²) >= 11 is 0. The van der Waals surface area contributed by atoms with Crippen LogP contribution in [0.4, 0.5) is 0 Å². The van der Waals surface area contributed by atoms with E-state index in [-0.39, 0.29) is 17.9 Å². The van der Waals surface area contributed by atoms with Crippen LogP contribution in [0, 0.1) is 0 Å². The van der Waals surface area contributed by atoms with E-state index in [2.05, 4.69) is 6.92 Å². The van der Waals surface area contributed by atoms with Crippen molar-refractivity contribution < 1.29 is 19.1 Å². The third kappa shape index (κ3) is 5.22. The number of unbranched alkanes of at least 4 members (excludes halogenated alkanes) is 2. The van der Waals surface area contributed by atoms with E-state index in [1.807, 2.05) is 34.1 Å². The van der Waals surface area contributed by atoms with Gasteiger partial charge in [-0.1, -0.05) is 19.8 Å². The summed E-state index contributed by atoms with van der Waals surface area (Å²) in [7, 11) is 0. The van der Waals surface area contributed by atoms with Gasteiger partial charge in [0.25, 0.3) is 11.8 Å². The summed E-state index contributed by atoms with van der Waals surface area (Å²) in [6.45, 7) is 5.82. The summed E-state index contributed by atoms with van der Waals surface area (Å²) < 4.78 is 11.2. The molecular weight excluding hydrogens is 344 g/mol. The number of nitrogens with zero attached hydrogens (tertiary/aromatic N) is 2. The summed E-state index contributed by atoms with van der Waals surface area (Å²) in [6, 6.07) is 7.36. The molecule has 1 aromatic carbocycles. The quantitative estimate of drug-likeness (QED) is 0.689. The minimum absolute atomic E-state index is 0.0109. The van der Waals surface area contributed by atoms with Gasteiger partial charge in [-0.2, -0.15) is 0 Å². The van der Waals surface area contributed by atoms with Crippen molar-refractivity contribution in [1.82, 2.24) is 9.80 Å². The molecule has 1 atom stereocenters. The molecule has 0 N–H and O–H groups in total. The lowest BCUT2D eigenvalue weighted by molar-refractivity contribution is -0.142. The minimum atomic E-state index is -0.280. The van der Waals surface area contributed by atoms with Gasteiger partial charge in [0, 0.05) is 38.3 Å². The van der Waals surface area contributed by atoms with Crippen LogP contribution in [-0.4, -0.2) is 67.1 Å². The van der Waals surface area contributed by atoms with Crippen LogP contribution < -0.4 is 4.74 Å². The molecule has 2 heterocycles. The van der Waals surface area contributed by atoms with Crippen molar-refractivity contribution in [2.45, 2.75) is 45.1 Å². The average molecular weight is 374 g/mol. The molecule has 2 aliphatic rings. The fraction of sp³-hybridized carbons (Fsp3) is 0.619. The molecule has 148 valence electrons. The summed E-state index contributed by atoms with van der Waals surface area (Å²) in [5.74, 6) is 0.885. The fourth-order valence-corrected chi connectivity index (χ4v) is 3.52. The smallest absolute Gasteiger partial charge is 0.253 e. The lowest BCUT2D eigenvalue weighted by atomic mass is 10.1. The fourth-order valence-electron chi connectivity index (χ4n) is 3.52. The maximum absolute atomic E-state index is 12.7. The van der Waals surface area contributed by atoms with E-state index in [4.69, 9.17) is 9.47 Å². The van der Waals surface area contributed by atoms with Crippen molar-refractivity contribution in [3.63, 3.8) is 0 Å². The molecule has 0 radical (unpaired) electrons. The van der Waals surface area contributed by atoms with Gasteiger partial charge in [-0.3, -0.25) is 9.59 Å². The second-order valence-corrected chi connectivity index (χ2v) is 7.20. The summed E-state index contributed by atoms with van der Waals surface area (Å²) in [4.78, 5) is 28.7. The Balaban J connectivity index is 1.46. The van der Waals surface area contributed by atoms with Crippen molar-refractivity contribution in [2.75, 3.05) is 39.4 Å². The number of carbonyl (C=O) groups excluding carboxylic acids is 2. The molecule has 2 fully saturated rings. The van der Waals surface area contributed by atoms with Crippen molar-refractivity contribution in [2.24, 2.45) is 0 Å². The number of hydrogen-bond donors (Lipinski definition) is 0. The van der Waals surface area contributed by atoms with Crippen molar-refractivity contribution >= 4 is 11.8 Å². The van der Waals surface area contributed by atoms with E-state index in [1.54, 1.807) is 0 Å². The first-order chi connectivity index (χ1) is 13.2. The topological polar surface area (TPSA) is 59.1 Å². The van der Waals surface area contributed by atoms with Crippen molar-refractivity contribution in [3.05, 3.63) is 29.8 Å². The van der Waals surface area contributed by atoms with Gasteiger partial charge in [-0.05, 0) is 43.5 Å². The van der Waals surface area contributed by atoms with Gasteiger partial charge in [0.15, 0.2) is 0 Å². The van der Waals surface area contributed by atoms with Crippen molar-refractivity contribution in [1.29, 1.82) is 0 Å². The summed E-state index contributed by atoms with van der Waals surface area (Å²) in [6.07, 6.45) is 4.86. The number of piperazine rings is 1. The molecule has 0 aromatic heterocycles. The second kappa shape index (κ2) is 9.74. The van der Waals surface area contributed by atoms with Gasteiger partial charge in [0.2, 0.25) is 0 Å². The average Bonchev–Trinajstić information content (AvgIpc) is 3.26. The van der Waals surface area contributed by atoms with E-state index in [9.17, 15) is 9.59 Å². The minimum Gasteiger partial charge on any atom is -0.494 e. The zero-order valence-corrected chi connectivity index (χ0v) is 16.2. The Kier molecular flexibility index (Phi) is 7.10. The Hall–Kier alpha value is -2.08. The molecule has 0 bridgehead atoms. The normalized spacial score (nSPS) is 20.0. The Labute approximate surface area is 161 Å². The zero-order chi connectivity index (χ0) is 19.1. The van der Waals surface area contributed by atoms with Gasteiger partial charge in [-0.15, -0.1) is 0 Å². The van der Waals surface area contributed by atoms with E-state index < -0.39 is 0 Å². The number of amides is 2. The van der Waals surface area contributed by atoms with E-state index in [0.29, 0.717) is 45.0 Å². The standard InChI is InChI=1S/C21H30N2O4/c1-2-3-4-15-26-18-9-7-17(8-10-18)20(24)22-11-13-23(14-12-22)21(25)19-6-5-16-27-19/h7-10,19H,2-6,11-16H2,1H3. The number of rotatable bonds is 7. The predicted molar refractivity (Wildman–Crippen MR) is 103 cm³/mol. The van der Waals surface area contributed by atoms with Crippen LogP contribution in [0.1, 0.15) is 49.4 Å². The van der Waals surface area contributed by atoms with Crippen LogP contribution in [0.25, 0.3) is 0 Å². The number of ether oxygens (including phenoxy) is 2. The van der Waals surface area contributed by atoms with Crippen LogP contribution in [0.3, 0.4) is 0 Å². The van der Waals surface area contributed by atoms with Gasteiger partial charge < -0.3 is 19.3 Å². The lowest BCUT2D eigenvalue weighted by Gasteiger charge is -2.35. The molecule has 1 unspecified atom stereocenters. The zero-order valence-electron chi connectivity index (χ0n) is 16.2. The number of benzene rings is 1. The first-order valence-corrected chi connectivity index (χ1v) is 10.1. The Morgan fingerprint density at radius 2 is 1.78 bits per heavy atom. The molecule has 2 saturated heterocycles. The molecule has 1 aromatic rings. The molecule has 0 saturated carbocycles. The van der Waals surface area contributed by atoms with Crippen LogP contribution in [-0.2, 0) is 9.53 Å².